The first kappa shape index (κ1) is 15.4. The van der Waals surface area contributed by atoms with E-state index in [0.717, 1.165) is 17.2 Å². The molecule has 2 fully saturated rings. The van der Waals surface area contributed by atoms with Gasteiger partial charge in [0.05, 0.1) is 12.5 Å². The van der Waals surface area contributed by atoms with Crippen LogP contribution < -0.4 is 5.32 Å². The molecule has 118 valence electrons. The highest BCUT2D eigenvalue weighted by Crippen LogP contribution is 2.14. The van der Waals surface area contributed by atoms with Gasteiger partial charge in [0.2, 0.25) is 11.8 Å². The number of nitrogens with one attached hydrogen (secondary N) is 1. The van der Waals surface area contributed by atoms with Crippen LogP contribution in [0.4, 0.5) is 0 Å². The number of nitrogens with zero attached hydrogens (tertiary/aromatic N) is 2. The van der Waals surface area contributed by atoms with Crippen LogP contribution in [0.3, 0.4) is 0 Å². The molecule has 1 atom stereocenters. The SMILES string of the molecule is O=C(Cc1ccccc1)N1CCN(C(=O)C2CSCN2)CC1. The molecule has 1 aromatic rings. The second-order valence-corrected chi connectivity index (χ2v) is 6.67. The van der Waals surface area contributed by atoms with Crippen molar-refractivity contribution in [3.8, 4) is 0 Å². The highest BCUT2D eigenvalue weighted by atomic mass is 32.2. The van der Waals surface area contributed by atoms with E-state index < -0.39 is 0 Å². The summed E-state index contributed by atoms with van der Waals surface area (Å²) in [5, 5.41) is 3.21. The molecule has 3 rings (SSSR count). The molecule has 2 heterocycles. The summed E-state index contributed by atoms with van der Waals surface area (Å²) < 4.78 is 0. The molecule has 2 amide bonds. The lowest BCUT2D eigenvalue weighted by molar-refractivity contribution is -0.140. The third-order valence-corrected chi connectivity index (χ3v) is 5.10. The van der Waals surface area contributed by atoms with Gasteiger partial charge in [0.1, 0.15) is 0 Å². The number of hydrogen-bond donors (Lipinski definition) is 1. The fraction of sp³-hybridized carbons (Fsp3) is 0.500. The molecule has 0 aromatic heterocycles. The largest absolute Gasteiger partial charge is 0.339 e. The number of piperazine rings is 1. The van der Waals surface area contributed by atoms with E-state index in [2.05, 4.69) is 5.32 Å². The van der Waals surface area contributed by atoms with E-state index in [1.54, 1.807) is 11.8 Å². The number of carbonyl (C=O) groups is 2. The van der Waals surface area contributed by atoms with Crippen LogP contribution in [0.1, 0.15) is 5.56 Å². The van der Waals surface area contributed by atoms with E-state index in [1.807, 2.05) is 40.1 Å². The highest BCUT2D eigenvalue weighted by Gasteiger charge is 2.30. The Labute approximate surface area is 135 Å². The first-order valence-electron chi connectivity index (χ1n) is 7.65. The number of rotatable bonds is 3. The van der Waals surface area contributed by atoms with E-state index in [9.17, 15) is 9.59 Å². The average Bonchev–Trinajstić information content (AvgIpc) is 3.10. The Balaban J connectivity index is 1.48. The van der Waals surface area contributed by atoms with Gasteiger partial charge in [-0.3, -0.25) is 14.9 Å². The predicted molar refractivity (Wildman–Crippen MR) is 87.6 cm³/mol. The Kier molecular flexibility index (Phi) is 5.00. The molecule has 22 heavy (non-hydrogen) atoms. The van der Waals surface area contributed by atoms with Crippen LogP contribution in [-0.4, -0.2) is 65.5 Å². The van der Waals surface area contributed by atoms with Gasteiger partial charge in [-0.05, 0) is 5.56 Å². The van der Waals surface area contributed by atoms with Gasteiger partial charge in [0.25, 0.3) is 0 Å². The second kappa shape index (κ2) is 7.15. The summed E-state index contributed by atoms with van der Waals surface area (Å²) in [6.07, 6.45) is 0.440. The van der Waals surface area contributed by atoms with Crippen LogP contribution in [0, 0.1) is 0 Å². The Morgan fingerprint density at radius 1 is 1.09 bits per heavy atom. The van der Waals surface area contributed by atoms with Crippen LogP contribution in [0.5, 0.6) is 0 Å². The Hall–Kier alpha value is -1.53. The van der Waals surface area contributed by atoms with Crippen LogP contribution in [0.15, 0.2) is 30.3 Å². The summed E-state index contributed by atoms with van der Waals surface area (Å²) in [4.78, 5) is 28.4. The van der Waals surface area contributed by atoms with Gasteiger partial charge in [-0.15, -0.1) is 11.8 Å². The zero-order valence-electron chi connectivity index (χ0n) is 12.5. The summed E-state index contributed by atoms with van der Waals surface area (Å²) in [7, 11) is 0. The van der Waals surface area contributed by atoms with E-state index in [0.29, 0.717) is 32.6 Å². The van der Waals surface area contributed by atoms with Gasteiger partial charge in [0.15, 0.2) is 0 Å². The van der Waals surface area contributed by atoms with Gasteiger partial charge in [-0.25, -0.2) is 0 Å². The molecule has 1 N–H and O–H groups in total. The van der Waals surface area contributed by atoms with Crippen molar-refractivity contribution in [2.45, 2.75) is 12.5 Å². The maximum Gasteiger partial charge on any atom is 0.240 e. The second-order valence-electron chi connectivity index (χ2n) is 5.64. The standard InChI is InChI=1S/C16H21N3O2S/c20-15(10-13-4-2-1-3-5-13)18-6-8-19(9-7-18)16(21)14-11-22-12-17-14/h1-5,14,17H,6-12H2. The lowest BCUT2D eigenvalue weighted by Crippen LogP contribution is -2.54. The Morgan fingerprint density at radius 2 is 1.77 bits per heavy atom. The fourth-order valence-corrected chi connectivity index (χ4v) is 3.77. The molecule has 1 unspecified atom stereocenters. The summed E-state index contributed by atoms with van der Waals surface area (Å²) in [5.74, 6) is 2.03. The minimum atomic E-state index is -0.0448. The average molecular weight is 319 g/mol. The van der Waals surface area contributed by atoms with Crippen molar-refractivity contribution in [1.29, 1.82) is 0 Å². The van der Waals surface area contributed by atoms with Gasteiger partial charge >= 0.3 is 0 Å². The summed E-state index contributed by atoms with van der Waals surface area (Å²) >= 11 is 1.76. The van der Waals surface area contributed by atoms with Gasteiger partial charge in [-0.1, -0.05) is 30.3 Å². The molecule has 0 bridgehead atoms. The number of amides is 2. The molecule has 0 spiro atoms. The predicted octanol–water partition coefficient (Wildman–Crippen LogP) is 0.562. The molecule has 0 aliphatic carbocycles. The lowest BCUT2D eigenvalue weighted by Gasteiger charge is -2.36. The molecule has 0 saturated carbocycles. The highest BCUT2D eigenvalue weighted by molar-refractivity contribution is 7.99. The molecule has 0 radical (unpaired) electrons. The molecule has 5 nitrogen and oxygen atoms in total. The topological polar surface area (TPSA) is 52.7 Å². The molecule has 2 aliphatic heterocycles. The number of thioether (sulfide) groups is 1. The quantitative estimate of drug-likeness (QED) is 0.885. The van der Waals surface area contributed by atoms with Crippen molar-refractivity contribution in [1.82, 2.24) is 15.1 Å². The third-order valence-electron chi connectivity index (χ3n) is 4.16. The monoisotopic (exact) mass is 319 g/mol. The summed E-state index contributed by atoms with van der Waals surface area (Å²) in [6, 6.07) is 9.75. The van der Waals surface area contributed by atoms with Crippen molar-refractivity contribution < 1.29 is 9.59 Å². The van der Waals surface area contributed by atoms with Crippen molar-refractivity contribution in [2.75, 3.05) is 37.8 Å². The van der Waals surface area contributed by atoms with Gasteiger partial charge in [-0.2, -0.15) is 0 Å². The van der Waals surface area contributed by atoms with Crippen molar-refractivity contribution in [3.05, 3.63) is 35.9 Å². The van der Waals surface area contributed by atoms with Gasteiger partial charge < -0.3 is 9.80 Å². The molecule has 6 heteroatoms. The first-order chi connectivity index (χ1) is 10.7. The summed E-state index contributed by atoms with van der Waals surface area (Å²) in [6.45, 7) is 2.55. The smallest absolute Gasteiger partial charge is 0.240 e. The van der Waals surface area contributed by atoms with Crippen LogP contribution in [-0.2, 0) is 16.0 Å². The van der Waals surface area contributed by atoms with Crippen molar-refractivity contribution in [2.24, 2.45) is 0 Å². The molecular weight excluding hydrogens is 298 g/mol. The Bertz CT molecular complexity index is 523. The zero-order valence-corrected chi connectivity index (χ0v) is 13.3. The van der Waals surface area contributed by atoms with Crippen molar-refractivity contribution in [3.63, 3.8) is 0 Å². The molecule has 1 aromatic carbocycles. The number of benzene rings is 1. The zero-order chi connectivity index (χ0) is 15.4. The minimum Gasteiger partial charge on any atom is -0.339 e. The number of carbonyl (C=O) groups excluding carboxylic acids is 2. The maximum atomic E-state index is 12.3. The fourth-order valence-electron chi connectivity index (χ4n) is 2.83. The summed E-state index contributed by atoms with van der Waals surface area (Å²) in [5.41, 5.74) is 1.04. The normalized spacial score (nSPS) is 21.9. The first-order valence-corrected chi connectivity index (χ1v) is 8.81. The van der Waals surface area contributed by atoms with Crippen LogP contribution in [0.25, 0.3) is 0 Å². The van der Waals surface area contributed by atoms with Gasteiger partial charge in [0, 0.05) is 37.8 Å². The van der Waals surface area contributed by atoms with Crippen molar-refractivity contribution >= 4 is 23.6 Å². The van der Waals surface area contributed by atoms with E-state index in [4.69, 9.17) is 0 Å². The minimum absolute atomic E-state index is 0.0448. The molecular formula is C16H21N3O2S. The molecule has 2 saturated heterocycles. The lowest BCUT2D eigenvalue weighted by atomic mass is 10.1. The maximum absolute atomic E-state index is 12.3. The van der Waals surface area contributed by atoms with Crippen LogP contribution >= 0.6 is 11.8 Å². The third kappa shape index (κ3) is 3.62. The van der Waals surface area contributed by atoms with Crippen LogP contribution in [0.2, 0.25) is 0 Å². The van der Waals surface area contributed by atoms with E-state index in [-0.39, 0.29) is 17.9 Å². The number of hydrogen-bond acceptors (Lipinski definition) is 4. The van der Waals surface area contributed by atoms with E-state index in [1.165, 1.54) is 0 Å². The van der Waals surface area contributed by atoms with E-state index >= 15 is 0 Å². The Morgan fingerprint density at radius 3 is 2.41 bits per heavy atom. The molecule has 2 aliphatic rings.